The van der Waals surface area contributed by atoms with E-state index < -0.39 is 12.2 Å². The molecule has 5 heteroatoms. The number of nitrogens with two attached hydrogens (primary N) is 1. The third-order valence-corrected chi connectivity index (χ3v) is 1.23. The Kier molecular flexibility index (Phi) is 3.51. The second-order valence-corrected chi connectivity index (χ2v) is 2.39. The van der Waals surface area contributed by atoms with Crippen LogP contribution >= 0.6 is 0 Å². The van der Waals surface area contributed by atoms with Crippen LogP contribution in [0.2, 0.25) is 0 Å². The molecule has 0 saturated carbocycles. The summed E-state index contributed by atoms with van der Waals surface area (Å²) in [6.45, 7) is 1.24. The van der Waals surface area contributed by atoms with Crippen molar-refractivity contribution in [2.24, 2.45) is 5.73 Å². The van der Waals surface area contributed by atoms with Crippen LogP contribution in [-0.4, -0.2) is 18.0 Å². The molecule has 0 aromatic rings. The molecule has 66 valence electrons. The molecule has 0 spiro atoms. The summed E-state index contributed by atoms with van der Waals surface area (Å²) in [6.07, 6.45) is -4.81. The van der Waals surface area contributed by atoms with Crippen molar-refractivity contribution in [3.8, 4) is 0 Å². The zero-order valence-electron chi connectivity index (χ0n) is 6.11. The topological polar surface area (TPSA) is 43.1 Å². The fourth-order valence-electron chi connectivity index (χ4n) is 0.522. The summed E-state index contributed by atoms with van der Waals surface area (Å²) >= 11 is 0. The predicted molar refractivity (Wildman–Crippen MR) is 33.9 cm³/mol. The van der Waals surface area contributed by atoms with E-state index in [0.717, 1.165) is 0 Å². The van der Waals surface area contributed by atoms with Crippen molar-refractivity contribution in [3.05, 3.63) is 0 Å². The fraction of sp³-hybridized carbons (Fsp3) is 0.833. The molecule has 2 N–H and O–H groups in total. The molecule has 2 nitrogen and oxygen atoms in total. The second-order valence-electron chi connectivity index (χ2n) is 2.39. The molecule has 1 atom stereocenters. The molecule has 0 heterocycles. The Bertz CT molecular complexity index is 143. The van der Waals surface area contributed by atoms with Crippen LogP contribution in [0.15, 0.2) is 0 Å². The molecule has 11 heavy (non-hydrogen) atoms. The zero-order valence-corrected chi connectivity index (χ0v) is 6.11. The molecular formula is C6H10F3NO. The first-order valence-electron chi connectivity index (χ1n) is 3.15. The van der Waals surface area contributed by atoms with Gasteiger partial charge in [-0.25, -0.2) is 0 Å². The normalized spacial score (nSPS) is 14.6. The lowest BCUT2D eigenvalue weighted by Crippen LogP contribution is -2.37. The minimum absolute atomic E-state index is 0.110. The predicted octanol–water partition coefficient (Wildman–Crippen LogP) is 1.25. The van der Waals surface area contributed by atoms with E-state index in [1.54, 1.807) is 0 Å². The minimum atomic E-state index is -4.38. The quantitative estimate of drug-likeness (QED) is 0.690. The molecule has 0 amide bonds. The summed E-state index contributed by atoms with van der Waals surface area (Å²) < 4.78 is 35.0. The maximum atomic E-state index is 11.7. The van der Waals surface area contributed by atoms with Crippen LogP contribution in [0, 0.1) is 0 Å². The summed E-state index contributed by atoms with van der Waals surface area (Å²) in [5.74, 6) is -0.273. The number of hydrogen-bond donors (Lipinski definition) is 1. The third kappa shape index (κ3) is 4.78. The molecule has 0 radical (unpaired) electrons. The van der Waals surface area contributed by atoms with Crippen LogP contribution in [0.1, 0.15) is 19.8 Å². The van der Waals surface area contributed by atoms with Gasteiger partial charge in [0.2, 0.25) is 0 Å². The molecule has 0 saturated heterocycles. The number of ketones is 1. The van der Waals surface area contributed by atoms with Crippen LogP contribution < -0.4 is 5.73 Å². The van der Waals surface area contributed by atoms with Gasteiger partial charge in [0.25, 0.3) is 0 Å². The van der Waals surface area contributed by atoms with E-state index in [1.165, 1.54) is 6.92 Å². The lowest BCUT2D eigenvalue weighted by Gasteiger charge is -2.13. The Morgan fingerprint density at radius 1 is 1.55 bits per heavy atom. The third-order valence-electron chi connectivity index (χ3n) is 1.23. The van der Waals surface area contributed by atoms with E-state index in [1.807, 2.05) is 0 Å². The van der Waals surface area contributed by atoms with Gasteiger partial charge < -0.3 is 10.5 Å². The molecular weight excluding hydrogens is 159 g/mol. The maximum Gasteiger partial charge on any atom is 0.403 e. The van der Waals surface area contributed by atoms with Crippen LogP contribution in [0.5, 0.6) is 0 Å². The molecule has 1 unspecified atom stereocenters. The first-order valence-corrected chi connectivity index (χ1v) is 3.15. The second kappa shape index (κ2) is 3.71. The molecule has 0 aliphatic carbocycles. The first kappa shape index (κ1) is 10.4. The minimum Gasteiger partial charge on any atom is -0.320 e. The fourth-order valence-corrected chi connectivity index (χ4v) is 0.522. The van der Waals surface area contributed by atoms with E-state index >= 15 is 0 Å². The number of rotatable bonds is 3. The number of halogens is 3. The standard InChI is InChI=1S/C6H10F3NO/c1-4(11)2-3-5(10)6(7,8)9/h5H,2-3,10H2,1H3. The lowest BCUT2D eigenvalue weighted by molar-refractivity contribution is -0.149. The molecule has 0 fully saturated rings. The molecule has 0 rings (SSSR count). The SMILES string of the molecule is CC(=O)CCC(N)C(F)(F)F. The Labute approximate surface area is 62.6 Å². The lowest BCUT2D eigenvalue weighted by atomic mass is 10.1. The summed E-state index contributed by atoms with van der Waals surface area (Å²) in [5, 5.41) is 0. The van der Waals surface area contributed by atoms with E-state index in [4.69, 9.17) is 5.73 Å². The van der Waals surface area contributed by atoms with Crippen molar-refractivity contribution in [1.29, 1.82) is 0 Å². The van der Waals surface area contributed by atoms with Gasteiger partial charge >= 0.3 is 6.18 Å². The highest BCUT2D eigenvalue weighted by molar-refractivity contribution is 5.75. The van der Waals surface area contributed by atoms with Crippen LogP contribution in [-0.2, 0) is 4.79 Å². The van der Waals surface area contributed by atoms with Gasteiger partial charge in [-0.15, -0.1) is 0 Å². The van der Waals surface area contributed by atoms with Crippen molar-refractivity contribution >= 4 is 5.78 Å². The molecule has 0 aromatic carbocycles. The highest BCUT2D eigenvalue weighted by atomic mass is 19.4. The van der Waals surface area contributed by atoms with Gasteiger partial charge in [-0.2, -0.15) is 13.2 Å². The van der Waals surface area contributed by atoms with Crippen molar-refractivity contribution in [2.45, 2.75) is 32.0 Å². The highest BCUT2D eigenvalue weighted by Crippen LogP contribution is 2.21. The monoisotopic (exact) mass is 169 g/mol. The summed E-state index contributed by atoms with van der Waals surface area (Å²) in [5.41, 5.74) is 4.72. The smallest absolute Gasteiger partial charge is 0.320 e. The summed E-state index contributed by atoms with van der Waals surface area (Å²) in [6, 6.07) is -1.87. The zero-order chi connectivity index (χ0) is 9.07. The number of alkyl halides is 3. The molecule has 0 aliphatic heterocycles. The number of carbonyl (C=O) groups is 1. The summed E-state index contributed by atoms with van der Waals surface area (Å²) in [7, 11) is 0. The largest absolute Gasteiger partial charge is 0.403 e. The van der Waals surface area contributed by atoms with Crippen molar-refractivity contribution in [2.75, 3.05) is 0 Å². The number of carbonyl (C=O) groups excluding carboxylic acids is 1. The average Bonchev–Trinajstić information content (AvgIpc) is 1.80. The first-order chi connectivity index (χ1) is 4.84. The Morgan fingerprint density at radius 2 is 2.00 bits per heavy atom. The molecule has 0 bridgehead atoms. The van der Waals surface area contributed by atoms with E-state index in [9.17, 15) is 18.0 Å². The van der Waals surface area contributed by atoms with Gasteiger partial charge in [0.05, 0.1) is 0 Å². The van der Waals surface area contributed by atoms with Gasteiger partial charge in [-0.1, -0.05) is 0 Å². The highest BCUT2D eigenvalue weighted by Gasteiger charge is 2.36. The molecule has 0 aromatic heterocycles. The van der Waals surface area contributed by atoms with E-state index in [-0.39, 0.29) is 18.6 Å². The Morgan fingerprint density at radius 3 is 2.27 bits per heavy atom. The van der Waals surface area contributed by atoms with Gasteiger partial charge in [0, 0.05) is 6.42 Å². The van der Waals surface area contributed by atoms with E-state index in [0.29, 0.717) is 0 Å². The van der Waals surface area contributed by atoms with Crippen LogP contribution in [0.4, 0.5) is 13.2 Å². The Hall–Kier alpha value is -0.580. The van der Waals surface area contributed by atoms with Crippen LogP contribution in [0.3, 0.4) is 0 Å². The van der Waals surface area contributed by atoms with Gasteiger partial charge in [-0.05, 0) is 13.3 Å². The van der Waals surface area contributed by atoms with Gasteiger partial charge in [0.1, 0.15) is 11.8 Å². The summed E-state index contributed by atoms with van der Waals surface area (Å²) in [4.78, 5) is 10.3. The van der Waals surface area contributed by atoms with Crippen molar-refractivity contribution in [1.82, 2.24) is 0 Å². The number of Topliss-reactive ketones (excluding diaryl/α,β-unsaturated/α-hetero) is 1. The van der Waals surface area contributed by atoms with Crippen LogP contribution in [0.25, 0.3) is 0 Å². The number of hydrogen-bond acceptors (Lipinski definition) is 2. The maximum absolute atomic E-state index is 11.7. The van der Waals surface area contributed by atoms with Gasteiger partial charge in [-0.3, -0.25) is 0 Å². The van der Waals surface area contributed by atoms with Gasteiger partial charge in [0.15, 0.2) is 0 Å². The van der Waals surface area contributed by atoms with E-state index in [2.05, 4.69) is 0 Å². The Balaban J connectivity index is 3.70. The van der Waals surface area contributed by atoms with Crippen molar-refractivity contribution in [3.63, 3.8) is 0 Å². The van der Waals surface area contributed by atoms with Crippen molar-refractivity contribution < 1.29 is 18.0 Å². The average molecular weight is 169 g/mol. The molecule has 0 aliphatic rings.